The van der Waals surface area contributed by atoms with E-state index in [1.54, 1.807) is 28.7 Å². The Labute approximate surface area is 168 Å². The molecule has 2 aromatic heterocycles. The van der Waals surface area contributed by atoms with Crippen LogP contribution in [0.4, 0.5) is 13.2 Å². The molecule has 0 fully saturated rings. The number of ether oxygens (including phenoxy) is 3. The quantitative estimate of drug-likeness (QED) is 0.405. The standard InChI is InChI=1S/C20H15F3N4O3/c21-14-2-1-3-16(10-14)28-8-9-29-18-12-24-11-17-25-26-19(27(17)18)13-4-6-15(7-5-13)30-20(22)23/h1-7,10-12,20H,8-9H2. The molecule has 0 aliphatic rings. The molecule has 30 heavy (non-hydrogen) atoms. The predicted molar refractivity (Wildman–Crippen MR) is 100 cm³/mol. The summed E-state index contributed by atoms with van der Waals surface area (Å²) in [5.41, 5.74) is 1.07. The number of aromatic nitrogens is 4. The van der Waals surface area contributed by atoms with E-state index in [9.17, 15) is 13.2 Å². The maximum Gasteiger partial charge on any atom is 0.387 e. The molecule has 0 N–H and O–H groups in total. The molecule has 0 spiro atoms. The molecule has 2 heterocycles. The third-order valence-electron chi connectivity index (χ3n) is 4.02. The van der Waals surface area contributed by atoms with Crippen molar-refractivity contribution in [2.45, 2.75) is 6.61 Å². The fourth-order valence-electron chi connectivity index (χ4n) is 2.76. The number of hydrogen-bond donors (Lipinski definition) is 0. The van der Waals surface area contributed by atoms with Gasteiger partial charge in [-0.25, -0.2) is 8.79 Å². The van der Waals surface area contributed by atoms with Gasteiger partial charge in [-0.15, -0.1) is 10.2 Å². The summed E-state index contributed by atoms with van der Waals surface area (Å²) < 4.78 is 55.1. The lowest BCUT2D eigenvalue weighted by molar-refractivity contribution is -0.0498. The Morgan fingerprint density at radius 1 is 0.900 bits per heavy atom. The van der Waals surface area contributed by atoms with Gasteiger partial charge in [-0.1, -0.05) is 6.07 Å². The van der Waals surface area contributed by atoms with Crippen LogP contribution in [0.2, 0.25) is 0 Å². The molecule has 10 heteroatoms. The number of nitrogens with zero attached hydrogens (tertiary/aromatic N) is 4. The Morgan fingerprint density at radius 3 is 2.47 bits per heavy atom. The molecule has 0 amide bonds. The van der Waals surface area contributed by atoms with Crippen LogP contribution in [-0.4, -0.2) is 39.4 Å². The van der Waals surface area contributed by atoms with Crippen molar-refractivity contribution in [2.24, 2.45) is 0 Å². The van der Waals surface area contributed by atoms with Gasteiger partial charge < -0.3 is 14.2 Å². The van der Waals surface area contributed by atoms with Gasteiger partial charge in [0, 0.05) is 11.6 Å². The molecule has 0 radical (unpaired) electrons. The molecule has 4 aromatic rings. The zero-order valence-electron chi connectivity index (χ0n) is 15.4. The molecule has 0 atom stereocenters. The third-order valence-corrected chi connectivity index (χ3v) is 4.02. The first-order chi connectivity index (χ1) is 14.6. The van der Waals surface area contributed by atoms with Crippen molar-refractivity contribution >= 4 is 5.65 Å². The van der Waals surface area contributed by atoms with Crippen LogP contribution < -0.4 is 14.2 Å². The smallest absolute Gasteiger partial charge is 0.387 e. The molecule has 4 rings (SSSR count). The summed E-state index contributed by atoms with van der Waals surface area (Å²) in [4.78, 5) is 4.07. The van der Waals surface area contributed by atoms with Gasteiger partial charge in [0.2, 0.25) is 5.88 Å². The minimum Gasteiger partial charge on any atom is -0.490 e. The van der Waals surface area contributed by atoms with Gasteiger partial charge >= 0.3 is 6.61 Å². The molecular formula is C20H15F3N4O3. The maximum atomic E-state index is 13.2. The van der Waals surface area contributed by atoms with Gasteiger partial charge in [-0.05, 0) is 36.4 Å². The van der Waals surface area contributed by atoms with E-state index in [-0.39, 0.29) is 24.8 Å². The van der Waals surface area contributed by atoms with Crippen LogP contribution in [0.5, 0.6) is 17.4 Å². The van der Waals surface area contributed by atoms with Crippen molar-refractivity contribution in [3.8, 4) is 28.8 Å². The van der Waals surface area contributed by atoms with Gasteiger partial charge in [0.15, 0.2) is 11.5 Å². The minimum atomic E-state index is -2.90. The van der Waals surface area contributed by atoms with E-state index < -0.39 is 6.61 Å². The number of fused-ring (bicyclic) bond motifs is 1. The number of alkyl halides is 2. The van der Waals surface area contributed by atoms with E-state index in [1.807, 2.05) is 0 Å². The van der Waals surface area contributed by atoms with Crippen LogP contribution in [-0.2, 0) is 0 Å². The van der Waals surface area contributed by atoms with E-state index in [0.29, 0.717) is 28.7 Å². The molecule has 7 nitrogen and oxygen atoms in total. The lowest BCUT2D eigenvalue weighted by atomic mass is 10.2. The first kappa shape index (κ1) is 19.5. The molecule has 2 aromatic carbocycles. The second-order valence-electron chi connectivity index (χ2n) is 6.02. The minimum absolute atomic E-state index is 0.0372. The molecule has 0 aliphatic carbocycles. The Bertz CT molecular complexity index is 1140. The Kier molecular flexibility index (Phi) is 5.64. The molecule has 0 saturated heterocycles. The summed E-state index contributed by atoms with van der Waals surface area (Å²) in [5, 5.41) is 8.19. The fourth-order valence-corrected chi connectivity index (χ4v) is 2.76. The van der Waals surface area contributed by atoms with Gasteiger partial charge in [0.25, 0.3) is 0 Å². The lowest BCUT2D eigenvalue weighted by Gasteiger charge is -2.11. The lowest BCUT2D eigenvalue weighted by Crippen LogP contribution is -2.11. The first-order valence-corrected chi connectivity index (χ1v) is 8.86. The summed E-state index contributed by atoms with van der Waals surface area (Å²) >= 11 is 0. The SMILES string of the molecule is Fc1cccc(OCCOc2cncc3nnc(-c4ccc(OC(F)F)cc4)n23)c1. The van der Waals surface area contributed by atoms with Crippen molar-refractivity contribution in [2.75, 3.05) is 13.2 Å². The number of hydrogen-bond acceptors (Lipinski definition) is 6. The highest BCUT2D eigenvalue weighted by Crippen LogP contribution is 2.25. The van der Waals surface area contributed by atoms with Crippen molar-refractivity contribution in [1.29, 1.82) is 0 Å². The van der Waals surface area contributed by atoms with Crippen LogP contribution >= 0.6 is 0 Å². The molecule has 0 unspecified atom stereocenters. The van der Waals surface area contributed by atoms with Crippen LogP contribution in [0.1, 0.15) is 0 Å². The summed E-state index contributed by atoms with van der Waals surface area (Å²) in [7, 11) is 0. The Morgan fingerprint density at radius 2 is 1.70 bits per heavy atom. The van der Waals surface area contributed by atoms with E-state index in [1.165, 1.54) is 36.7 Å². The second-order valence-corrected chi connectivity index (χ2v) is 6.02. The summed E-state index contributed by atoms with van der Waals surface area (Å²) in [6.07, 6.45) is 3.01. The van der Waals surface area contributed by atoms with E-state index in [4.69, 9.17) is 9.47 Å². The highest BCUT2D eigenvalue weighted by molar-refractivity contribution is 5.61. The van der Waals surface area contributed by atoms with Crippen LogP contribution in [0, 0.1) is 5.82 Å². The van der Waals surface area contributed by atoms with E-state index in [2.05, 4.69) is 19.9 Å². The molecular weight excluding hydrogens is 401 g/mol. The summed E-state index contributed by atoms with van der Waals surface area (Å²) in [5.74, 6) is 0.850. The topological polar surface area (TPSA) is 70.8 Å². The second kappa shape index (κ2) is 8.68. The van der Waals surface area contributed by atoms with Gasteiger partial charge in [-0.3, -0.25) is 4.98 Å². The predicted octanol–water partition coefficient (Wildman–Crippen LogP) is 3.99. The van der Waals surface area contributed by atoms with Crippen molar-refractivity contribution in [3.63, 3.8) is 0 Å². The zero-order valence-corrected chi connectivity index (χ0v) is 15.4. The average molecular weight is 416 g/mol. The van der Waals surface area contributed by atoms with E-state index >= 15 is 0 Å². The van der Waals surface area contributed by atoms with E-state index in [0.717, 1.165) is 0 Å². The maximum absolute atomic E-state index is 13.2. The van der Waals surface area contributed by atoms with Crippen LogP contribution in [0.25, 0.3) is 17.0 Å². The number of rotatable bonds is 8. The summed E-state index contributed by atoms with van der Waals surface area (Å²) in [6.45, 7) is -2.56. The summed E-state index contributed by atoms with van der Waals surface area (Å²) in [6, 6.07) is 11.8. The third kappa shape index (κ3) is 4.43. The molecule has 0 bridgehead atoms. The molecule has 0 saturated carbocycles. The molecule has 0 aliphatic heterocycles. The zero-order chi connectivity index (χ0) is 20.9. The largest absolute Gasteiger partial charge is 0.490 e. The average Bonchev–Trinajstić information content (AvgIpc) is 3.16. The van der Waals surface area contributed by atoms with Crippen molar-refractivity contribution in [3.05, 3.63) is 66.7 Å². The molecule has 154 valence electrons. The monoisotopic (exact) mass is 416 g/mol. The highest BCUT2D eigenvalue weighted by atomic mass is 19.3. The van der Waals surface area contributed by atoms with Crippen molar-refractivity contribution in [1.82, 2.24) is 19.6 Å². The van der Waals surface area contributed by atoms with Gasteiger partial charge in [0.05, 0.1) is 12.4 Å². The van der Waals surface area contributed by atoms with Crippen molar-refractivity contribution < 1.29 is 27.4 Å². The number of benzene rings is 2. The first-order valence-electron chi connectivity index (χ1n) is 8.86. The van der Waals surface area contributed by atoms with Crippen LogP contribution in [0.15, 0.2) is 60.9 Å². The van der Waals surface area contributed by atoms with Gasteiger partial charge in [0.1, 0.15) is 30.5 Å². The Hall–Kier alpha value is -3.82. The Balaban J connectivity index is 1.49. The highest BCUT2D eigenvalue weighted by Gasteiger charge is 2.14. The normalized spacial score (nSPS) is 11.1. The van der Waals surface area contributed by atoms with Crippen LogP contribution in [0.3, 0.4) is 0 Å². The van der Waals surface area contributed by atoms with Gasteiger partial charge in [-0.2, -0.15) is 8.78 Å². The number of halogens is 3. The fraction of sp³-hybridized carbons (Fsp3) is 0.150.